The Morgan fingerprint density at radius 1 is 1.08 bits per heavy atom. The fourth-order valence-corrected chi connectivity index (χ4v) is 2.32. The van der Waals surface area contributed by atoms with Crippen LogP contribution in [-0.4, -0.2) is 31.6 Å². The van der Waals surface area contributed by atoms with E-state index < -0.39 is 6.10 Å². The molecule has 1 N–H and O–H groups in total. The third-order valence-corrected chi connectivity index (χ3v) is 3.51. The zero-order chi connectivity index (χ0) is 17.5. The van der Waals surface area contributed by atoms with Gasteiger partial charge in [-0.25, -0.2) is 0 Å². The molecule has 0 aliphatic rings. The number of ether oxygens (including phenoxy) is 3. The second kappa shape index (κ2) is 8.01. The van der Waals surface area contributed by atoms with E-state index >= 15 is 0 Å². The highest BCUT2D eigenvalue weighted by Gasteiger charge is 2.23. The first kappa shape index (κ1) is 17.3. The van der Waals surface area contributed by atoms with Crippen LogP contribution in [0.1, 0.15) is 17.2 Å². The Hall–Kier alpha value is -3.02. The zero-order valence-corrected chi connectivity index (χ0v) is 13.4. The summed E-state index contributed by atoms with van der Waals surface area (Å²) in [5.74, 6) is 0.774. The van der Waals surface area contributed by atoms with Crippen LogP contribution in [0.2, 0.25) is 0 Å². The summed E-state index contributed by atoms with van der Waals surface area (Å²) < 4.78 is 15.3. The van der Waals surface area contributed by atoms with E-state index in [2.05, 4.69) is 0 Å². The third-order valence-electron chi connectivity index (χ3n) is 3.51. The summed E-state index contributed by atoms with van der Waals surface area (Å²) >= 11 is 0. The maximum absolute atomic E-state index is 12.5. The summed E-state index contributed by atoms with van der Waals surface area (Å²) in [5, 5.41) is 9.29. The zero-order valence-electron chi connectivity index (χ0n) is 13.4. The molecule has 1 unspecified atom stereocenters. The van der Waals surface area contributed by atoms with Crippen LogP contribution >= 0.6 is 0 Å². The average molecular weight is 330 g/mol. The highest BCUT2D eigenvalue weighted by Crippen LogP contribution is 2.31. The van der Waals surface area contributed by atoms with Crippen LogP contribution < -0.4 is 9.47 Å². The van der Waals surface area contributed by atoms with Crippen molar-refractivity contribution < 1.29 is 28.9 Å². The van der Waals surface area contributed by atoms with Gasteiger partial charge in [-0.15, -0.1) is 0 Å². The van der Waals surface area contributed by atoms with Crippen molar-refractivity contribution in [2.24, 2.45) is 0 Å². The molecule has 0 saturated heterocycles. The van der Waals surface area contributed by atoms with Crippen LogP contribution in [0, 0.1) is 0 Å². The molecule has 2 aromatic rings. The van der Waals surface area contributed by atoms with Gasteiger partial charge < -0.3 is 19.3 Å². The molecule has 0 bridgehead atoms. The van der Waals surface area contributed by atoms with Crippen molar-refractivity contribution in [3.8, 4) is 17.2 Å². The minimum atomic E-state index is -1.05. The topological polar surface area (TPSA) is 82.1 Å². The number of Topliss-reactive ketones (excluding diaryl/α,β-unsaturated/α-hetero) is 1. The first-order valence-electron chi connectivity index (χ1n) is 7.20. The SMILES string of the molecule is COc1ccc(C(OC=O)C(=O)Cc2ccc(O)cc2)cc1OC. The van der Waals surface area contributed by atoms with Gasteiger partial charge in [0, 0.05) is 12.0 Å². The second-order valence-corrected chi connectivity index (χ2v) is 5.04. The van der Waals surface area contributed by atoms with Crippen molar-refractivity contribution in [3.05, 3.63) is 53.6 Å². The van der Waals surface area contributed by atoms with Gasteiger partial charge in [-0.1, -0.05) is 18.2 Å². The molecule has 0 radical (unpaired) electrons. The van der Waals surface area contributed by atoms with Crippen molar-refractivity contribution in [2.45, 2.75) is 12.5 Å². The van der Waals surface area contributed by atoms with Gasteiger partial charge in [0.15, 0.2) is 23.4 Å². The van der Waals surface area contributed by atoms with Crippen molar-refractivity contribution in [1.82, 2.24) is 0 Å². The molecule has 2 rings (SSSR count). The van der Waals surface area contributed by atoms with E-state index in [-0.39, 0.29) is 24.4 Å². The fourth-order valence-electron chi connectivity index (χ4n) is 2.32. The number of methoxy groups -OCH3 is 2. The number of ketones is 1. The standard InChI is InChI=1S/C18H18O6/c1-22-16-8-5-13(10-17(16)23-2)18(24-11-19)15(21)9-12-3-6-14(20)7-4-12/h3-8,10-11,18,20H,9H2,1-2H3. The summed E-state index contributed by atoms with van der Waals surface area (Å²) in [4.78, 5) is 23.3. The second-order valence-electron chi connectivity index (χ2n) is 5.04. The van der Waals surface area contributed by atoms with Gasteiger partial charge in [0.05, 0.1) is 14.2 Å². The molecule has 24 heavy (non-hydrogen) atoms. The van der Waals surface area contributed by atoms with E-state index in [0.717, 1.165) is 0 Å². The number of benzene rings is 2. The normalized spacial score (nSPS) is 11.4. The molecule has 0 aromatic heterocycles. The minimum Gasteiger partial charge on any atom is -0.508 e. The number of carbonyl (C=O) groups excluding carboxylic acids is 2. The highest BCUT2D eigenvalue weighted by molar-refractivity contribution is 5.87. The Kier molecular flexibility index (Phi) is 5.78. The Bertz CT molecular complexity index is 708. The first-order chi connectivity index (χ1) is 11.6. The quantitative estimate of drug-likeness (QED) is 0.749. The van der Waals surface area contributed by atoms with Crippen molar-refractivity contribution in [2.75, 3.05) is 14.2 Å². The van der Waals surface area contributed by atoms with Gasteiger partial charge in [-0.05, 0) is 29.8 Å². The maximum Gasteiger partial charge on any atom is 0.294 e. The number of hydrogen-bond acceptors (Lipinski definition) is 6. The van der Waals surface area contributed by atoms with Crippen LogP contribution in [0.4, 0.5) is 0 Å². The van der Waals surface area contributed by atoms with Crippen molar-refractivity contribution in [3.63, 3.8) is 0 Å². The smallest absolute Gasteiger partial charge is 0.294 e. The molecule has 0 heterocycles. The lowest BCUT2D eigenvalue weighted by Crippen LogP contribution is -2.18. The lowest BCUT2D eigenvalue weighted by molar-refractivity contribution is -0.144. The van der Waals surface area contributed by atoms with Crippen LogP contribution in [0.25, 0.3) is 0 Å². The van der Waals surface area contributed by atoms with Crippen LogP contribution in [-0.2, 0) is 20.7 Å². The summed E-state index contributed by atoms with van der Waals surface area (Å²) in [6.45, 7) is 0.246. The monoisotopic (exact) mass is 330 g/mol. The van der Waals surface area contributed by atoms with Gasteiger partial charge in [-0.2, -0.15) is 0 Å². The molecule has 126 valence electrons. The Labute approximate surface area is 139 Å². The molecular weight excluding hydrogens is 312 g/mol. The fraction of sp³-hybridized carbons (Fsp3) is 0.222. The summed E-state index contributed by atoms with van der Waals surface area (Å²) in [6, 6.07) is 11.2. The molecular formula is C18H18O6. The molecule has 6 nitrogen and oxygen atoms in total. The van der Waals surface area contributed by atoms with Gasteiger partial charge in [0.1, 0.15) is 5.75 Å². The third kappa shape index (κ3) is 4.04. The van der Waals surface area contributed by atoms with Crippen LogP contribution in [0.15, 0.2) is 42.5 Å². The summed E-state index contributed by atoms with van der Waals surface area (Å²) in [7, 11) is 2.99. The molecule has 0 fully saturated rings. The average Bonchev–Trinajstić information content (AvgIpc) is 2.61. The molecule has 1 atom stereocenters. The molecule has 2 aromatic carbocycles. The number of carbonyl (C=O) groups is 2. The van der Waals surface area contributed by atoms with E-state index in [1.54, 1.807) is 30.3 Å². The van der Waals surface area contributed by atoms with Crippen LogP contribution in [0.3, 0.4) is 0 Å². The molecule has 0 saturated carbocycles. The number of phenols is 1. The van der Waals surface area contributed by atoms with E-state index in [9.17, 15) is 14.7 Å². The van der Waals surface area contributed by atoms with E-state index in [1.165, 1.54) is 26.4 Å². The largest absolute Gasteiger partial charge is 0.508 e. The highest BCUT2D eigenvalue weighted by atomic mass is 16.5. The Morgan fingerprint density at radius 3 is 2.33 bits per heavy atom. The summed E-state index contributed by atoms with van der Waals surface area (Å²) in [5.41, 5.74) is 1.20. The molecule has 0 aliphatic carbocycles. The first-order valence-corrected chi connectivity index (χ1v) is 7.20. The maximum atomic E-state index is 12.5. The number of hydrogen-bond donors (Lipinski definition) is 1. The lowest BCUT2D eigenvalue weighted by atomic mass is 9.99. The number of rotatable bonds is 8. The molecule has 0 aliphatic heterocycles. The lowest BCUT2D eigenvalue weighted by Gasteiger charge is -2.16. The van der Waals surface area contributed by atoms with Crippen LogP contribution in [0.5, 0.6) is 17.2 Å². The molecule has 0 amide bonds. The number of phenolic OH excluding ortho intramolecular Hbond substituents is 1. The minimum absolute atomic E-state index is 0.0626. The molecule has 6 heteroatoms. The predicted molar refractivity (Wildman–Crippen MR) is 86.3 cm³/mol. The number of aromatic hydroxyl groups is 1. The van der Waals surface area contributed by atoms with Crippen molar-refractivity contribution >= 4 is 12.3 Å². The Balaban J connectivity index is 2.26. The van der Waals surface area contributed by atoms with Gasteiger partial charge >= 0.3 is 0 Å². The summed E-state index contributed by atoms with van der Waals surface area (Å²) in [6.07, 6.45) is -0.983. The molecule has 0 spiro atoms. The predicted octanol–water partition coefficient (Wildman–Crippen LogP) is 2.44. The van der Waals surface area contributed by atoms with E-state index in [1.807, 2.05) is 0 Å². The Morgan fingerprint density at radius 2 is 1.75 bits per heavy atom. The van der Waals surface area contributed by atoms with Gasteiger partial charge in [0.2, 0.25) is 0 Å². The van der Waals surface area contributed by atoms with Gasteiger partial charge in [0.25, 0.3) is 6.47 Å². The van der Waals surface area contributed by atoms with Crippen molar-refractivity contribution in [1.29, 1.82) is 0 Å². The van der Waals surface area contributed by atoms with Gasteiger partial charge in [-0.3, -0.25) is 9.59 Å². The van der Waals surface area contributed by atoms with E-state index in [4.69, 9.17) is 14.2 Å². The van der Waals surface area contributed by atoms with E-state index in [0.29, 0.717) is 22.6 Å².